The second-order valence-corrected chi connectivity index (χ2v) is 12.4. The van der Waals surface area contributed by atoms with Crippen molar-refractivity contribution in [3.05, 3.63) is 155 Å². The molecule has 5 aromatic rings. The molecule has 2 aliphatic heterocycles. The predicted molar refractivity (Wildman–Crippen MR) is 186 cm³/mol. The minimum Gasteiger partial charge on any atom is -0.489 e. The summed E-state index contributed by atoms with van der Waals surface area (Å²) in [7, 11) is 0. The minimum atomic E-state index is -0.850. The standard InChI is InChI=1S/C42H42O6/c1-5-15-32(16-6-1)27-43-31-42(24-13-14-25-48-42)37-40(46-29-34-19-9-3-10-20-34)38-36(23-26-44-38)39(45-28-33-17-7-2-8-18-33)41(37)47-30-35-21-11-4-12-22-35/h1-12,15-22H,13-14,23-31H2. The Labute approximate surface area is 283 Å². The molecule has 0 N–H and O–H groups in total. The lowest BCUT2D eigenvalue weighted by Gasteiger charge is -2.40. The molecule has 2 heterocycles. The summed E-state index contributed by atoms with van der Waals surface area (Å²) in [6.45, 7) is 3.02. The van der Waals surface area contributed by atoms with E-state index >= 15 is 0 Å². The predicted octanol–water partition coefficient (Wildman–Crippen LogP) is 8.97. The summed E-state index contributed by atoms with van der Waals surface area (Å²) < 4.78 is 40.3. The Morgan fingerprint density at radius 3 is 1.54 bits per heavy atom. The highest BCUT2D eigenvalue weighted by Crippen LogP contribution is 2.57. The van der Waals surface area contributed by atoms with Crippen LogP contribution in [0.4, 0.5) is 0 Å². The van der Waals surface area contributed by atoms with E-state index in [0.717, 1.165) is 52.6 Å². The maximum absolute atomic E-state index is 6.91. The molecule has 0 aliphatic carbocycles. The summed E-state index contributed by atoms with van der Waals surface area (Å²) in [5.74, 6) is 2.66. The molecular formula is C42H42O6. The first-order valence-electron chi connectivity index (χ1n) is 16.9. The van der Waals surface area contributed by atoms with Crippen molar-refractivity contribution in [3.63, 3.8) is 0 Å². The van der Waals surface area contributed by atoms with Gasteiger partial charge in [0.2, 0.25) is 0 Å². The number of ether oxygens (including phenoxy) is 6. The van der Waals surface area contributed by atoms with Gasteiger partial charge >= 0.3 is 0 Å². The second kappa shape index (κ2) is 15.4. The van der Waals surface area contributed by atoms with Crippen LogP contribution in [0.2, 0.25) is 0 Å². The Morgan fingerprint density at radius 2 is 1.02 bits per heavy atom. The van der Waals surface area contributed by atoms with Gasteiger partial charge in [0.15, 0.2) is 23.0 Å². The minimum absolute atomic E-state index is 0.322. The molecule has 6 nitrogen and oxygen atoms in total. The van der Waals surface area contributed by atoms with Gasteiger partial charge in [-0.15, -0.1) is 0 Å². The summed E-state index contributed by atoms with van der Waals surface area (Å²) in [4.78, 5) is 0. The molecule has 0 amide bonds. The number of hydrogen-bond donors (Lipinski definition) is 0. The highest BCUT2D eigenvalue weighted by Gasteiger charge is 2.45. The van der Waals surface area contributed by atoms with Gasteiger partial charge in [0, 0.05) is 18.6 Å². The van der Waals surface area contributed by atoms with Crippen LogP contribution in [-0.4, -0.2) is 19.8 Å². The van der Waals surface area contributed by atoms with E-state index in [1.165, 1.54) is 0 Å². The van der Waals surface area contributed by atoms with Crippen LogP contribution in [0.15, 0.2) is 121 Å². The Bertz CT molecular complexity index is 1740. The molecule has 2 aliphatic rings. The Hall–Kier alpha value is -4.78. The van der Waals surface area contributed by atoms with E-state index in [-0.39, 0.29) is 0 Å². The number of benzene rings is 5. The zero-order chi connectivity index (χ0) is 32.4. The maximum atomic E-state index is 6.91. The first-order chi connectivity index (χ1) is 23.8. The van der Waals surface area contributed by atoms with E-state index in [1.807, 2.05) is 72.8 Å². The lowest BCUT2D eigenvalue weighted by atomic mass is 9.84. The van der Waals surface area contributed by atoms with Gasteiger partial charge in [-0.25, -0.2) is 0 Å². The Morgan fingerprint density at radius 1 is 0.521 bits per heavy atom. The van der Waals surface area contributed by atoms with E-state index in [0.29, 0.717) is 75.7 Å². The van der Waals surface area contributed by atoms with Crippen molar-refractivity contribution in [2.45, 2.75) is 57.7 Å². The summed E-state index contributed by atoms with van der Waals surface area (Å²) in [5, 5.41) is 0. The van der Waals surface area contributed by atoms with Crippen molar-refractivity contribution in [3.8, 4) is 23.0 Å². The normalized spacial score (nSPS) is 16.9. The average molecular weight is 643 g/mol. The Kier molecular flexibility index (Phi) is 10.2. The molecule has 0 aromatic heterocycles. The molecule has 7 rings (SSSR count). The van der Waals surface area contributed by atoms with Crippen LogP contribution in [-0.2, 0) is 47.9 Å². The quantitative estimate of drug-likeness (QED) is 0.121. The van der Waals surface area contributed by atoms with Crippen molar-refractivity contribution >= 4 is 0 Å². The van der Waals surface area contributed by atoms with Crippen molar-refractivity contribution in [1.82, 2.24) is 0 Å². The van der Waals surface area contributed by atoms with Gasteiger partial charge in [0.25, 0.3) is 0 Å². The highest BCUT2D eigenvalue weighted by molar-refractivity contribution is 5.69. The summed E-state index contributed by atoms with van der Waals surface area (Å²) in [6, 6.07) is 40.9. The lowest BCUT2D eigenvalue weighted by Crippen LogP contribution is -2.39. The molecule has 0 saturated carbocycles. The molecule has 1 fully saturated rings. The monoisotopic (exact) mass is 642 g/mol. The molecule has 0 bridgehead atoms. The third-order valence-electron chi connectivity index (χ3n) is 8.95. The third-order valence-corrected chi connectivity index (χ3v) is 8.95. The molecule has 0 radical (unpaired) electrons. The van der Waals surface area contributed by atoms with Crippen molar-refractivity contribution in [2.75, 3.05) is 19.8 Å². The molecule has 1 unspecified atom stereocenters. The van der Waals surface area contributed by atoms with Crippen LogP contribution in [0.25, 0.3) is 0 Å². The van der Waals surface area contributed by atoms with Gasteiger partial charge in [0.1, 0.15) is 25.4 Å². The fraction of sp³-hybridized carbons (Fsp3) is 0.286. The van der Waals surface area contributed by atoms with Crippen LogP contribution in [0.3, 0.4) is 0 Å². The van der Waals surface area contributed by atoms with Gasteiger partial charge in [-0.3, -0.25) is 0 Å². The van der Waals surface area contributed by atoms with Crippen LogP contribution < -0.4 is 18.9 Å². The Balaban J connectivity index is 1.36. The van der Waals surface area contributed by atoms with E-state index < -0.39 is 5.60 Å². The van der Waals surface area contributed by atoms with Crippen molar-refractivity contribution in [1.29, 1.82) is 0 Å². The molecule has 246 valence electrons. The third kappa shape index (κ3) is 7.35. The second-order valence-electron chi connectivity index (χ2n) is 12.4. The first kappa shape index (κ1) is 31.8. The van der Waals surface area contributed by atoms with E-state index in [2.05, 4.69) is 48.5 Å². The number of fused-ring (bicyclic) bond motifs is 1. The van der Waals surface area contributed by atoms with E-state index in [1.54, 1.807) is 0 Å². The molecule has 1 saturated heterocycles. The largest absolute Gasteiger partial charge is 0.489 e. The first-order valence-corrected chi connectivity index (χ1v) is 16.9. The lowest BCUT2D eigenvalue weighted by molar-refractivity contribution is -0.134. The summed E-state index contributed by atoms with van der Waals surface area (Å²) >= 11 is 0. The van der Waals surface area contributed by atoms with E-state index in [9.17, 15) is 0 Å². The van der Waals surface area contributed by atoms with Crippen molar-refractivity contribution in [2.24, 2.45) is 0 Å². The molecule has 5 aromatic carbocycles. The average Bonchev–Trinajstić information content (AvgIpc) is 3.64. The zero-order valence-corrected chi connectivity index (χ0v) is 27.3. The smallest absolute Gasteiger partial charge is 0.172 e. The van der Waals surface area contributed by atoms with Crippen molar-refractivity contribution < 1.29 is 28.4 Å². The maximum Gasteiger partial charge on any atom is 0.172 e. The van der Waals surface area contributed by atoms with Crippen LogP contribution >= 0.6 is 0 Å². The molecule has 48 heavy (non-hydrogen) atoms. The van der Waals surface area contributed by atoms with Gasteiger partial charge < -0.3 is 28.4 Å². The molecular weight excluding hydrogens is 600 g/mol. The summed E-state index contributed by atoms with van der Waals surface area (Å²) in [6.07, 6.45) is 3.37. The summed E-state index contributed by atoms with van der Waals surface area (Å²) in [5.41, 5.74) is 5.19. The molecule has 0 spiro atoms. The molecule has 6 heteroatoms. The fourth-order valence-electron chi connectivity index (χ4n) is 6.52. The number of rotatable bonds is 14. The SMILES string of the molecule is c1ccc(COCC2(c3c(OCc4ccccc4)c4c(c(OCc5ccccc5)c3OCc3ccccc3)CCO4)CCCCO2)cc1. The van der Waals surface area contributed by atoms with Crippen LogP contribution in [0, 0.1) is 0 Å². The van der Waals surface area contributed by atoms with Gasteiger partial charge in [-0.05, 0) is 41.5 Å². The van der Waals surface area contributed by atoms with Crippen LogP contribution in [0.5, 0.6) is 23.0 Å². The highest BCUT2D eigenvalue weighted by atomic mass is 16.6. The van der Waals surface area contributed by atoms with Gasteiger partial charge in [-0.2, -0.15) is 0 Å². The zero-order valence-electron chi connectivity index (χ0n) is 27.3. The molecule has 1 atom stereocenters. The van der Waals surface area contributed by atoms with Crippen LogP contribution in [0.1, 0.15) is 52.6 Å². The van der Waals surface area contributed by atoms with E-state index in [4.69, 9.17) is 28.4 Å². The topological polar surface area (TPSA) is 55.4 Å². The fourth-order valence-corrected chi connectivity index (χ4v) is 6.52. The number of hydrogen-bond acceptors (Lipinski definition) is 6. The van der Waals surface area contributed by atoms with Gasteiger partial charge in [0.05, 0.1) is 25.4 Å². The van der Waals surface area contributed by atoms with Gasteiger partial charge in [-0.1, -0.05) is 121 Å².